The van der Waals surface area contributed by atoms with Gasteiger partial charge in [-0.2, -0.15) is 0 Å². The quantitative estimate of drug-likeness (QED) is 0.708. The van der Waals surface area contributed by atoms with E-state index in [1.54, 1.807) is 0 Å². The third-order valence-electron chi connectivity index (χ3n) is 2.70. The third kappa shape index (κ3) is 3.97. The molecule has 86 valence electrons. The van der Waals surface area contributed by atoms with Crippen LogP contribution >= 0.6 is 0 Å². The van der Waals surface area contributed by atoms with Gasteiger partial charge in [-0.1, -0.05) is 11.6 Å². The molecule has 2 nitrogen and oxygen atoms in total. The first-order chi connectivity index (χ1) is 7.61. The number of hydrogen-bond acceptors (Lipinski definition) is 2. The van der Waals surface area contributed by atoms with Crippen LogP contribution in [0.4, 0.5) is 0 Å². The molecule has 0 aromatic carbocycles. The van der Waals surface area contributed by atoms with Crippen LogP contribution in [0.2, 0.25) is 0 Å². The van der Waals surface area contributed by atoms with Crippen molar-refractivity contribution in [2.75, 3.05) is 6.54 Å². The van der Waals surface area contributed by atoms with Crippen molar-refractivity contribution in [2.45, 2.75) is 34.1 Å². The minimum atomic E-state index is 0.831. The molecule has 0 amide bonds. The monoisotopic (exact) mass is 216 g/mol. The minimum Gasteiger partial charge on any atom is -0.293 e. The average Bonchev–Trinajstić information content (AvgIpc) is 2.26. The van der Waals surface area contributed by atoms with Crippen molar-refractivity contribution in [3.05, 3.63) is 40.7 Å². The molecule has 1 aromatic rings. The summed E-state index contributed by atoms with van der Waals surface area (Å²) in [6, 6.07) is 4.10. The molecule has 2 heteroatoms. The molecule has 0 aliphatic carbocycles. The van der Waals surface area contributed by atoms with Gasteiger partial charge in [-0.3, -0.25) is 9.98 Å². The Morgan fingerprint density at radius 2 is 2.12 bits per heavy atom. The van der Waals surface area contributed by atoms with E-state index in [0.29, 0.717) is 0 Å². The Morgan fingerprint density at radius 3 is 2.75 bits per heavy atom. The summed E-state index contributed by atoms with van der Waals surface area (Å²) < 4.78 is 0. The topological polar surface area (TPSA) is 25.2 Å². The summed E-state index contributed by atoms with van der Waals surface area (Å²) in [4.78, 5) is 8.68. The van der Waals surface area contributed by atoms with Gasteiger partial charge in [0, 0.05) is 24.7 Å². The van der Waals surface area contributed by atoms with E-state index in [1.807, 2.05) is 25.4 Å². The Balaban J connectivity index is 2.48. The van der Waals surface area contributed by atoms with Crippen LogP contribution in [0.25, 0.3) is 0 Å². The maximum absolute atomic E-state index is 4.42. The molecule has 0 N–H and O–H groups in total. The molecule has 0 fully saturated rings. The van der Waals surface area contributed by atoms with E-state index in [9.17, 15) is 0 Å². The molecular weight excluding hydrogens is 196 g/mol. The lowest BCUT2D eigenvalue weighted by Crippen LogP contribution is -1.95. The molecule has 0 atom stereocenters. The van der Waals surface area contributed by atoms with Crippen LogP contribution in [0.3, 0.4) is 0 Å². The van der Waals surface area contributed by atoms with Crippen LogP contribution in [0.15, 0.2) is 34.5 Å². The Labute approximate surface area is 98.1 Å². The summed E-state index contributed by atoms with van der Waals surface area (Å²) in [5, 5.41) is 0. The summed E-state index contributed by atoms with van der Waals surface area (Å²) in [7, 11) is 0. The van der Waals surface area contributed by atoms with E-state index < -0.39 is 0 Å². The predicted octanol–water partition coefficient (Wildman–Crippen LogP) is 3.36. The van der Waals surface area contributed by atoms with Gasteiger partial charge in [0.2, 0.25) is 0 Å². The standard InChI is InChI=1S/C14H20N2/c1-11(2)12(3)10-15-9-7-14-6-5-8-16-13(14)4/h5-6,8,10H,7,9H2,1-4H3/b15-10-. The summed E-state index contributed by atoms with van der Waals surface area (Å²) in [5.41, 5.74) is 4.97. The number of hydrogen-bond donors (Lipinski definition) is 0. The van der Waals surface area contributed by atoms with E-state index in [0.717, 1.165) is 18.7 Å². The largest absolute Gasteiger partial charge is 0.293 e. The summed E-state index contributed by atoms with van der Waals surface area (Å²) in [6.45, 7) is 9.17. The molecule has 0 saturated carbocycles. The van der Waals surface area contributed by atoms with Crippen LogP contribution in [0.5, 0.6) is 0 Å². The summed E-state index contributed by atoms with van der Waals surface area (Å²) >= 11 is 0. The molecule has 0 spiro atoms. The Kier molecular flexibility index (Phi) is 4.90. The minimum absolute atomic E-state index is 0.831. The van der Waals surface area contributed by atoms with Gasteiger partial charge in [0.25, 0.3) is 0 Å². The molecule has 1 aromatic heterocycles. The molecule has 0 bridgehead atoms. The number of nitrogens with zero attached hydrogens (tertiary/aromatic N) is 2. The van der Waals surface area contributed by atoms with Gasteiger partial charge in [0.15, 0.2) is 0 Å². The third-order valence-corrected chi connectivity index (χ3v) is 2.70. The first-order valence-corrected chi connectivity index (χ1v) is 5.65. The highest BCUT2D eigenvalue weighted by Crippen LogP contribution is 2.04. The van der Waals surface area contributed by atoms with Crippen molar-refractivity contribution in [3.63, 3.8) is 0 Å². The van der Waals surface area contributed by atoms with Gasteiger partial charge in [0.1, 0.15) is 0 Å². The highest BCUT2D eigenvalue weighted by molar-refractivity contribution is 5.78. The number of aliphatic imine (C=N–C) groups is 1. The molecule has 0 radical (unpaired) electrons. The number of allylic oxidation sites excluding steroid dienone is 2. The van der Waals surface area contributed by atoms with Crippen LogP contribution < -0.4 is 0 Å². The second kappa shape index (κ2) is 6.21. The fourth-order valence-electron chi connectivity index (χ4n) is 1.30. The lowest BCUT2D eigenvalue weighted by atomic mass is 10.1. The van der Waals surface area contributed by atoms with Crippen molar-refractivity contribution < 1.29 is 0 Å². The fourth-order valence-corrected chi connectivity index (χ4v) is 1.30. The number of rotatable bonds is 4. The van der Waals surface area contributed by atoms with E-state index in [2.05, 4.69) is 36.8 Å². The van der Waals surface area contributed by atoms with Crippen LogP contribution in [0.1, 0.15) is 32.0 Å². The zero-order chi connectivity index (χ0) is 12.0. The van der Waals surface area contributed by atoms with Gasteiger partial charge in [-0.05, 0) is 51.3 Å². The summed E-state index contributed by atoms with van der Waals surface area (Å²) in [6.07, 6.45) is 4.75. The highest BCUT2D eigenvalue weighted by atomic mass is 14.7. The number of pyridine rings is 1. The van der Waals surface area contributed by atoms with Crippen molar-refractivity contribution >= 4 is 6.21 Å². The average molecular weight is 216 g/mol. The molecule has 0 aliphatic heterocycles. The molecule has 1 rings (SSSR count). The zero-order valence-electron chi connectivity index (χ0n) is 10.6. The molecule has 0 unspecified atom stereocenters. The SMILES string of the molecule is CC(C)=C(C)/C=N\CCc1cccnc1C. The normalized spacial score (nSPS) is 10.8. The Bertz CT molecular complexity index is 399. The second-order valence-corrected chi connectivity index (χ2v) is 4.22. The Morgan fingerprint density at radius 1 is 1.38 bits per heavy atom. The highest BCUT2D eigenvalue weighted by Gasteiger charge is 1.96. The van der Waals surface area contributed by atoms with Crippen LogP contribution in [-0.4, -0.2) is 17.7 Å². The molecule has 1 heterocycles. The lowest BCUT2D eigenvalue weighted by molar-refractivity contribution is 0.942. The maximum atomic E-state index is 4.42. The van der Waals surface area contributed by atoms with Gasteiger partial charge >= 0.3 is 0 Å². The maximum Gasteiger partial charge on any atom is 0.0430 e. The molecule has 0 aliphatic rings. The molecular formula is C14H20N2. The van der Waals surface area contributed by atoms with Crippen LogP contribution in [0, 0.1) is 6.92 Å². The van der Waals surface area contributed by atoms with Gasteiger partial charge < -0.3 is 0 Å². The number of aryl methyl sites for hydroxylation is 1. The second-order valence-electron chi connectivity index (χ2n) is 4.22. The first kappa shape index (κ1) is 12.6. The fraction of sp³-hybridized carbons (Fsp3) is 0.429. The van der Waals surface area contributed by atoms with Crippen molar-refractivity contribution in [1.82, 2.24) is 4.98 Å². The van der Waals surface area contributed by atoms with E-state index in [4.69, 9.17) is 0 Å². The van der Waals surface area contributed by atoms with Crippen LogP contribution in [-0.2, 0) is 6.42 Å². The Hall–Kier alpha value is -1.44. The van der Waals surface area contributed by atoms with Gasteiger partial charge in [0.05, 0.1) is 0 Å². The van der Waals surface area contributed by atoms with E-state index >= 15 is 0 Å². The van der Waals surface area contributed by atoms with Crippen molar-refractivity contribution in [1.29, 1.82) is 0 Å². The first-order valence-electron chi connectivity index (χ1n) is 5.65. The van der Waals surface area contributed by atoms with Gasteiger partial charge in [-0.25, -0.2) is 0 Å². The smallest absolute Gasteiger partial charge is 0.0430 e. The zero-order valence-corrected chi connectivity index (χ0v) is 10.6. The van der Waals surface area contributed by atoms with Crippen molar-refractivity contribution in [2.24, 2.45) is 4.99 Å². The predicted molar refractivity (Wildman–Crippen MR) is 70.1 cm³/mol. The van der Waals surface area contributed by atoms with Gasteiger partial charge in [-0.15, -0.1) is 0 Å². The summed E-state index contributed by atoms with van der Waals surface area (Å²) in [5.74, 6) is 0. The molecule has 0 saturated heterocycles. The lowest BCUT2D eigenvalue weighted by Gasteiger charge is -2.01. The van der Waals surface area contributed by atoms with Crippen molar-refractivity contribution in [3.8, 4) is 0 Å². The van der Waals surface area contributed by atoms with E-state index in [-0.39, 0.29) is 0 Å². The van der Waals surface area contributed by atoms with E-state index in [1.165, 1.54) is 16.7 Å². The molecule has 16 heavy (non-hydrogen) atoms. The number of aromatic nitrogens is 1.